The zero-order chi connectivity index (χ0) is 25.9. The lowest BCUT2D eigenvalue weighted by molar-refractivity contribution is -0.151. The van der Waals surface area contributed by atoms with Crippen LogP contribution in [-0.4, -0.2) is 87.9 Å². The van der Waals surface area contributed by atoms with Gasteiger partial charge in [0.2, 0.25) is 5.75 Å². The molecule has 0 bridgehead atoms. The normalized spacial score (nSPS) is 15.6. The Labute approximate surface area is 201 Å². The van der Waals surface area contributed by atoms with Gasteiger partial charge in [-0.25, -0.2) is 9.37 Å². The molecule has 1 atom stereocenters. The van der Waals surface area contributed by atoms with Crippen molar-refractivity contribution >= 4 is 17.7 Å². The minimum absolute atomic E-state index is 0.0153. The van der Waals surface area contributed by atoms with Crippen LogP contribution in [0.5, 0.6) is 5.75 Å². The highest BCUT2D eigenvalue weighted by Crippen LogP contribution is 2.24. The minimum Gasteiger partial charge on any atom is -0.501 e. The maximum absolute atomic E-state index is 13.1. The zero-order valence-corrected chi connectivity index (χ0v) is 20.1. The van der Waals surface area contributed by atoms with E-state index in [0.29, 0.717) is 18.7 Å². The fourth-order valence-corrected chi connectivity index (χ4v) is 3.78. The summed E-state index contributed by atoms with van der Waals surface area (Å²) in [5.74, 6) is -3.48. The number of aromatic hydroxyl groups is 1. The Balaban J connectivity index is 2.00. The molecule has 0 saturated heterocycles. The zero-order valence-electron chi connectivity index (χ0n) is 20.1. The van der Waals surface area contributed by atoms with E-state index in [-0.39, 0.29) is 25.5 Å². The lowest BCUT2D eigenvalue weighted by Gasteiger charge is -2.30. The SMILES string of the molecule is CCN1CCn2c(nc(C(=O)NCc3ccc(F)cc3)c(O)c2=O)C(N(C)C(=O)C(=O)N(C)C)C1. The van der Waals surface area contributed by atoms with Crippen LogP contribution < -0.4 is 10.9 Å². The van der Waals surface area contributed by atoms with Crippen LogP contribution in [-0.2, 0) is 22.7 Å². The second kappa shape index (κ2) is 10.6. The van der Waals surface area contributed by atoms with E-state index in [9.17, 15) is 28.7 Å². The van der Waals surface area contributed by atoms with Crippen LogP contribution >= 0.6 is 0 Å². The van der Waals surface area contributed by atoms with E-state index in [2.05, 4.69) is 10.3 Å². The molecule has 0 fully saturated rings. The van der Waals surface area contributed by atoms with E-state index in [1.54, 1.807) is 0 Å². The summed E-state index contributed by atoms with van der Waals surface area (Å²) in [6, 6.07) is 4.65. The lowest BCUT2D eigenvalue weighted by Crippen LogP contribution is -2.46. The smallest absolute Gasteiger partial charge is 0.312 e. The Hall–Kier alpha value is -3.80. The third-order valence-electron chi connectivity index (χ3n) is 5.95. The summed E-state index contributed by atoms with van der Waals surface area (Å²) in [7, 11) is 4.35. The second-order valence-electron chi connectivity index (χ2n) is 8.46. The number of halogens is 1. The van der Waals surface area contributed by atoms with Crippen molar-refractivity contribution < 1.29 is 23.9 Å². The number of hydrogen-bond acceptors (Lipinski definition) is 7. The van der Waals surface area contributed by atoms with Crippen molar-refractivity contribution in [3.63, 3.8) is 0 Å². The number of nitrogens with zero attached hydrogens (tertiary/aromatic N) is 5. The highest BCUT2D eigenvalue weighted by molar-refractivity contribution is 6.34. The molecule has 1 unspecified atom stereocenters. The van der Waals surface area contributed by atoms with Crippen LogP contribution in [0, 0.1) is 5.82 Å². The van der Waals surface area contributed by atoms with Crippen LogP contribution in [0.15, 0.2) is 29.1 Å². The lowest BCUT2D eigenvalue weighted by atomic mass is 10.2. The van der Waals surface area contributed by atoms with Crippen molar-refractivity contribution in [1.82, 2.24) is 29.6 Å². The molecule has 0 saturated carbocycles. The Bertz CT molecular complexity index is 1180. The van der Waals surface area contributed by atoms with Gasteiger partial charge in [0.1, 0.15) is 17.7 Å². The molecule has 35 heavy (non-hydrogen) atoms. The molecule has 1 aromatic carbocycles. The number of carbonyl (C=O) groups excluding carboxylic acids is 3. The molecule has 3 rings (SSSR count). The molecule has 1 aliphatic heterocycles. The van der Waals surface area contributed by atoms with Gasteiger partial charge >= 0.3 is 11.8 Å². The molecule has 0 radical (unpaired) electrons. The highest BCUT2D eigenvalue weighted by Gasteiger charge is 2.35. The van der Waals surface area contributed by atoms with E-state index < -0.39 is 46.6 Å². The van der Waals surface area contributed by atoms with Gasteiger partial charge in [0.25, 0.3) is 11.5 Å². The maximum Gasteiger partial charge on any atom is 0.312 e. The Kier molecular flexibility index (Phi) is 7.85. The summed E-state index contributed by atoms with van der Waals surface area (Å²) < 4.78 is 14.4. The van der Waals surface area contributed by atoms with Gasteiger partial charge in [-0.15, -0.1) is 0 Å². The first-order chi connectivity index (χ1) is 16.5. The molecule has 11 nitrogen and oxygen atoms in total. The van der Waals surface area contributed by atoms with E-state index in [4.69, 9.17) is 0 Å². The Morgan fingerprint density at radius 1 is 1.14 bits per heavy atom. The monoisotopic (exact) mass is 488 g/mol. The van der Waals surface area contributed by atoms with Crippen molar-refractivity contribution in [1.29, 1.82) is 0 Å². The van der Waals surface area contributed by atoms with Gasteiger partial charge < -0.3 is 20.2 Å². The number of fused-ring (bicyclic) bond motifs is 1. The molecule has 12 heteroatoms. The number of benzene rings is 1. The number of likely N-dealkylation sites (N-methyl/N-ethyl adjacent to an activating group) is 3. The van der Waals surface area contributed by atoms with Gasteiger partial charge in [0.05, 0.1) is 0 Å². The fourth-order valence-electron chi connectivity index (χ4n) is 3.78. The number of hydrogen-bond donors (Lipinski definition) is 2. The fraction of sp³-hybridized carbons (Fsp3) is 0.435. The number of aromatic nitrogens is 2. The number of nitrogens with one attached hydrogen (secondary N) is 1. The molecule has 1 aliphatic rings. The molecule has 188 valence electrons. The van der Waals surface area contributed by atoms with Gasteiger partial charge in [0, 0.05) is 47.3 Å². The number of rotatable bonds is 5. The standard InChI is InChI=1S/C23H29FN6O5/c1-5-29-10-11-30-19(16(13-29)28(4)23(35)22(34)27(2)3)26-17(18(31)21(30)33)20(32)25-12-14-6-8-15(24)9-7-14/h6-9,16,31H,5,10-13H2,1-4H3,(H,25,32). The summed E-state index contributed by atoms with van der Waals surface area (Å²) in [5.41, 5.74) is -0.697. The van der Waals surface area contributed by atoms with Crippen molar-refractivity contribution in [3.8, 4) is 5.75 Å². The molecule has 2 heterocycles. The van der Waals surface area contributed by atoms with E-state index >= 15 is 0 Å². The highest BCUT2D eigenvalue weighted by atomic mass is 19.1. The van der Waals surface area contributed by atoms with Gasteiger partial charge in [-0.05, 0) is 24.2 Å². The van der Waals surface area contributed by atoms with E-state index in [0.717, 1.165) is 4.90 Å². The second-order valence-corrected chi connectivity index (χ2v) is 8.46. The molecule has 2 N–H and O–H groups in total. The van der Waals surface area contributed by atoms with Gasteiger partial charge in [0.15, 0.2) is 5.69 Å². The minimum atomic E-state index is -0.828. The first kappa shape index (κ1) is 25.8. The number of amides is 3. The number of carbonyl (C=O) groups is 3. The van der Waals surface area contributed by atoms with Crippen LogP contribution in [0.2, 0.25) is 0 Å². The largest absolute Gasteiger partial charge is 0.501 e. The maximum atomic E-state index is 13.1. The van der Waals surface area contributed by atoms with Crippen molar-refractivity contribution in [3.05, 3.63) is 57.5 Å². The van der Waals surface area contributed by atoms with E-state index in [1.165, 1.54) is 54.9 Å². The first-order valence-corrected chi connectivity index (χ1v) is 11.1. The predicted molar refractivity (Wildman–Crippen MR) is 124 cm³/mol. The van der Waals surface area contributed by atoms with Crippen LogP contribution in [0.25, 0.3) is 0 Å². The third kappa shape index (κ3) is 5.48. The van der Waals surface area contributed by atoms with Crippen molar-refractivity contribution in [2.75, 3.05) is 40.8 Å². The summed E-state index contributed by atoms with van der Waals surface area (Å²) in [6.07, 6.45) is 0. The third-order valence-corrected chi connectivity index (χ3v) is 5.95. The molecule has 0 spiro atoms. The Morgan fingerprint density at radius 2 is 1.80 bits per heavy atom. The van der Waals surface area contributed by atoms with Gasteiger partial charge in [-0.2, -0.15) is 0 Å². The molecule has 3 amide bonds. The molecule has 0 aliphatic carbocycles. The molecule has 1 aromatic heterocycles. The van der Waals surface area contributed by atoms with Gasteiger partial charge in [-0.1, -0.05) is 19.1 Å². The Morgan fingerprint density at radius 3 is 2.40 bits per heavy atom. The van der Waals surface area contributed by atoms with Gasteiger partial charge in [-0.3, -0.25) is 28.6 Å². The van der Waals surface area contributed by atoms with Crippen LogP contribution in [0.4, 0.5) is 4.39 Å². The van der Waals surface area contributed by atoms with Crippen molar-refractivity contribution in [2.45, 2.75) is 26.1 Å². The molecular formula is C23H29FN6O5. The summed E-state index contributed by atoms with van der Waals surface area (Å²) >= 11 is 0. The first-order valence-electron chi connectivity index (χ1n) is 11.1. The van der Waals surface area contributed by atoms with Crippen LogP contribution in [0.1, 0.15) is 34.8 Å². The van der Waals surface area contributed by atoms with E-state index in [1.807, 2.05) is 11.8 Å². The quantitative estimate of drug-likeness (QED) is 0.565. The summed E-state index contributed by atoms with van der Waals surface area (Å²) in [6.45, 7) is 3.44. The summed E-state index contributed by atoms with van der Waals surface area (Å²) in [4.78, 5) is 59.6. The summed E-state index contributed by atoms with van der Waals surface area (Å²) in [5, 5.41) is 13.1. The van der Waals surface area contributed by atoms with Crippen LogP contribution in [0.3, 0.4) is 0 Å². The topological polar surface area (TPSA) is 128 Å². The molecular weight excluding hydrogens is 459 g/mol. The molecule has 2 aromatic rings. The average Bonchev–Trinajstić information content (AvgIpc) is 3.03. The predicted octanol–water partition coefficient (Wildman–Crippen LogP) is -0.0588. The van der Waals surface area contributed by atoms with Crippen molar-refractivity contribution in [2.24, 2.45) is 0 Å². The average molecular weight is 489 g/mol.